The largest absolute Gasteiger partial charge is 0.459 e. The predicted octanol–water partition coefficient (Wildman–Crippen LogP) is 6.42. The fraction of sp³-hybridized carbons (Fsp3) is 0.710. The number of amides is 1. The molecule has 4 heterocycles. The van der Waals surface area contributed by atoms with Gasteiger partial charge in [-0.25, -0.2) is 17.8 Å². The SMILES string of the molecule is CC[C@H]1OC(=O)[C@H](C)[C@@H](O[C@H]2C[C@@](C)(OC)[C@@H](O)[C@H](C)O2)[C@H](C)[C@@H](O[C@@H]2O[C@H](C)C[C@H](N(C)C)[C@H]2O)[C@](C)(O)C[C@@H](C)/C(=N\OCCCCCCNC(=O)CNS(=O)(=O)c2ccc(-n3nc(C(F)(F)F)cc3-c3ccc(C)cc3)cc2)[C@H](C)[C@@H](O)[C@]1(C)O. The molecule has 6 rings (SSSR count). The summed E-state index contributed by atoms with van der Waals surface area (Å²) >= 11 is 0. The Morgan fingerprint density at radius 1 is 0.898 bits per heavy atom. The third-order valence-corrected chi connectivity index (χ3v) is 19.1. The lowest BCUT2D eigenvalue weighted by molar-refractivity contribution is -0.317. The molecule has 3 aliphatic heterocycles. The second kappa shape index (κ2) is 30.2. The molecular weight excluding hydrogens is 1170 g/mol. The fourth-order valence-electron chi connectivity index (χ4n) is 12.3. The first kappa shape index (κ1) is 72.4. The van der Waals surface area contributed by atoms with Gasteiger partial charge in [-0.15, -0.1) is 0 Å². The van der Waals surface area contributed by atoms with Crippen LogP contribution in [-0.2, 0) is 59.0 Å². The van der Waals surface area contributed by atoms with E-state index >= 15 is 0 Å². The topological polar surface area (TPSA) is 292 Å². The van der Waals surface area contributed by atoms with Crippen molar-refractivity contribution in [2.24, 2.45) is 28.8 Å². The number of nitrogens with zero attached hydrogens (tertiary/aromatic N) is 4. The van der Waals surface area contributed by atoms with Crippen molar-refractivity contribution in [1.82, 2.24) is 24.7 Å². The summed E-state index contributed by atoms with van der Waals surface area (Å²) in [6.07, 6.45) is -12.7. The normalized spacial score (nSPS) is 34.5. The van der Waals surface area contributed by atoms with Crippen LogP contribution in [0.25, 0.3) is 16.9 Å². The summed E-state index contributed by atoms with van der Waals surface area (Å²) in [5.41, 5.74) is -4.11. The summed E-state index contributed by atoms with van der Waals surface area (Å²) in [6.45, 7) is 18.3. The molecule has 7 N–H and O–H groups in total. The Kier molecular flexibility index (Phi) is 24.8. The quantitative estimate of drug-likeness (QED) is 0.0344. The van der Waals surface area contributed by atoms with Crippen LogP contribution in [0.3, 0.4) is 0 Å². The lowest BCUT2D eigenvalue weighted by Gasteiger charge is -2.49. The Hall–Kier alpha value is -4.68. The number of halogens is 3. The highest BCUT2D eigenvalue weighted by Crippen LogP contribution is 2.42. The van der Waals surface area contributed by atoms with Crippen LogP contribution in [-0.4, -0.2) is 191 Å². The number of hydrogen-bond donors (Lipinski definition) is 7. The first-order valence-electron chi connectivity index (χ1n) is 30.4. The third-order valence-electron chi connectivity index (χ3n) is 17.7. The zero-order chi connectivity index (χ0) is 65.4. The molecule has 1 aromatic heterocycles. The molecule has 3 aliphatic rings. The number of aliphatic hydroxyl groups is 5. The Labute approximate surface area is 515 Å². The highest BCUT2D eigenvalue weighted by atomic mass is 32.2. The number of hydrogen-bond acceptors (Lipinski definition) is 19. The van der Waals surface area contributed by atoms with Crippen LogP contribution in [0.4, 0.5) is 13.2 Å². The number of methoxy groups -OCH3 is 1. The minimum absolute atomic E-state index is 0.0485. The van der Waals surface area contributed by atoms with Crippen molar-refractivity contribution in [3.05, 3.63) is 65.9 Å². The number of aryl methyl sites for hydroxylation is 1. The molecule has 0 spiro atoms. The van der Waals surface area contributed by atoms with Crippen molar-refractivity contribution in [2.75, 3.05) is 40.9 Å². The van der Waals surface area contributed by atoms with Gasteiger partial charge in [-0.1, -0.05) is 69.1 Å². The van der Waals surface area contributed by atoms with E-state index in [1.54, 1.807) is 79.7 Å². The van der Waals surface area contributed by atoms with E-state index in [1.807, 2.05) is 32.8 Å². The molecule has 0 saturated carbocycles. The van der Waals surface area contributed by atoms with E-state index in [2.05, 4.69) is 20.3 Å². The molecule has 3 aromatic rings. The van der Waals surface area contributed by atoms with Crippen molar-refractivity contribution >= 4 is 27.6 Å². The number of benzene rings is 2. The molecule has 22 nitrogen and oxygen atoms in total. The Balaban J connectivity index is 1.12. The number of rotatable bonds is 21. The Bertz CT molecular complexity index is 2900. The molecule has 0 unspecified atom stereocenters. The fourth-order valence-corrected chi connectivity index (χ4v) is 13.3. The van der Waals surface area contributed by atoms with Crippen molar-refractivity contribution in [2.45, 2.75) is 223 Å². The summed E-state index contributed by atoms with van der Waals surface area (Å²) in [5, 5.41) is 71.2. The number of esters is 1. The summed E-state index contributed by atoms with van der Waals surface area (Å²) in [4.78, 5) is 34.9. The van der Waals surface area contributed by atoms with Crippen LogP contribution in [0.15, 0.2) is 64.6 Å². The molecular formula is C62H95F3N6O16S. The van der Waals surface area contributed by atoms with Gasteiger partial charge >= 0.3 is 12.1 Å². The maximum Gasteiger partial charge on any atom is 0.435 e. The second-order valence-electron chi connectivity index (χ2n) is 25.2. The Morgan fingerprint density at radius 2 is 1.55 bits per heavy atom. The zero-order valence-electron chi connectivity index (χ0n) is 53.2. The van der Waals surface area contributed by atoms with E-state index in [4.69, 9.17) is 33.3 Å². The Morgan fingerprint density at radius 3 is 2.16 bits per heavy atom. The number of cyclic esters (lactones) is 1. The zero-order valence-corrected chi connectivity index (χ0v) is 54.0. The van der Waals surface area contributed by atoms with Gasteiger partial charge in [-0.3, -0.25) is 9.59 Å². The molecule has 0 bridgehead atoms. The van der Waals surface area contributed by atoms with E-state index in [0.717, 1.165) is 16.3 Å². The summed E-state index contributed by atoms with van der Waals surface area (Å²) in [7, 11) is 0.938. The van der Waals surface area contributed by atoms with Crippen LogP contribution in [0.5, 0.6) is 0 Å². The number of carbonyl (C=O) groups excluding carboxylic acids is 2. The maximum absolute atomic E-state index is 14.6. The van der Waals surface area contributed by atoms with Crippen molar-refractivity contribution in [3.8, 4) is 16.9 Å². The number of unbranched alkanes of at least 4 members (excludes halogenated alkanes) is 3. The number of alkyl halides is 3. The number of carbonyl (C=O) groups is 2. The highest BCUT2D eigenvalue weighted by molar-refractivity contribution is 7.89. The summed E-state index contributed by atoms with van der Waals surface area (Å²) < 4.78 is 109. The van der Waals surface area contributed by atoms with E-state index in [1.165, 1.54) is 38.3 Å². The average Bonchev–Trinajstić information content (AvgIpc) is 1.81. The first-order chi connectivity index (χ1) is 41.1. The van der Waals surface area contributed by atoms with Gasteiger partial charge in [-0.2, -0.15) is 18.3 Å². The second-order valence-corrected chi connectivity index (χ2v) is 27.0. The lowest BCUT2D eigenvalue weighted by atomic mass is 9.73. The molecule has 0 aliphatic carbocycles. The molecule has 2 aromatic carbocycles. The van der Waals surface area contributed by atoms with E-state index in [0.29, 0.717) is 37.7 Å². The highest BCUT2D eigenvalue weighted by Gasteiger charge is 2.54. The molecule has 26 heteroatoms. The van der Waals surface area contributed by atoms with Crippen LogP contribution in [0.2, 0.25) is 0 Å². The number of aromatic nitrogens is 2. The van der Waals surface area contributed by atoms with Gasteiger partial charge < -0.3 is 69.0 Å². The van der Waals surface area contributed by atoms with Gasteiger partial charge in [0.15, 0.2) is 18.3 Å². The molecule has 3 fully saturated rings. The maximum atomic E-state index is 14.6. The summed E-state index contributed by atoms with van der Waals surface area (Å²) in [6, 6.07) is 12.5. The number of sulfonamides is 1. The molecule has 1 amide bonds. The lowest BCUT2D eigenvalue weighted by Crippen LogP contribution is -2.61. The van der Waals surface area contributed by atoms with E-state index in [9.17, 15) is 56.7 Å². The van der Waals surface area contributed by atoms with Crippen molar-refractivity contribution in [1.29, 1.82) is 0 Å². The van der Waals surface area contributed by atoms with Crippen LogP contribution in [0, 0.1) is 30.6 Å². The standard InChI is InChI=1S/C62H95F3N6O16S/c1-15-48-61(11,78)54(74)38(5)51(69-82-29-19-17-16-18-28-66-49(72)34-67-88(79,80)44-26-24-43(25-27-44)71-45(31-47(68-71)62(63,64)65)42-22-20-35(2)21-23-42)36(3)32-59(9,77)56(87-58-52(73)46(70(12)13)30-37(4)83-58)39(6)53(40(7)57(76)85-48)86-50-33-60(10,81-14)55(75)41(8)84-50/h20-27,31,36-41,46,48,50,52-56,58,67,73-75,77-78H,15-19,28-30,32-34H2,1-14H3,(H,66,72)/b69-51+/t36-,37-,38+,39+,40-,41+,46+,48-,50+,52-,53+,54-,55+,56-,58+,59-,60-,61-/m1/s1. The summed E-state index contributed by atoms with van der Waals surface area (Å²) in [5.74, 6) is -5.04. The minimum atomic E-state index is -4.72. The van der Waals surface area contributed by atoms with E-state index in [-0.39, 0.29) is 66.5 Å². The average molecular weight is 1270 g/mol. The van der Waals surface area contributed by atoms with Gasteiger partial charge in [-0.05, 0) is 131 Å². The van der Waals surface area contributed by atoms with Crippen molar-refractivity contribution < 1.29 is 90.0 Å². The van der Waals surface area contributed by atoms with Crippen molar-refractivity contribution in [3.63, 3.8) is 0 Å². The monoisotopic (exact) mass is 1270 g/mol. The van der Waals surface area contributed by atoms with E-state index < -0.39 is 136 Å². The van der Waals surface area contributed by atoms with Crippen LogP contribution >= 0.6 is 0 Å². The number of nitrogens with one attached hydrogen (secondary N) is 2. The molecule has 496 valence electrons. The van der Waals surface area contributed by atoms with Crippen LogP contribution in [0.1, 0.15) is 132 Å². The molecule has 3 saturated heterocycles. The number of oxime groups is 1. The third kappa shape index (κ3) is 17.7. The number of likely N-dealkylation sites (N-methyl/N-ethyl adjacent to an activating group) is 1. The number of ether oxygens (including phenoxy) is 6. The first-order valence-corrected chi connectivity index (χ1v) is 31.9. The number of aliphatic hydroxyl groups excluding tert-OH is 3. The van der Waals surface area contributed by atoms with Gasteiger partial charge in [0.25, 0.3) is 0 Å². The smallest absolute Gasteiger partial charge is 0.435 e. The minimum Gasteiger partial charge on any atom is -0.459 e. The molecule has 18 atom stereocenters. The van der Waals surface area contributed by atoms with Crippen LogP contribution < -0.4 is 10.0 Å². The van der Waals surface area contributed by atoms with Gasteiger partial charge in [0.1, 0.15) is 30.5 Å². The molecule has 88 heavy (non-hydrogen) atoms. The van der Waals surface area contributed by atoms with Gasteiger partial charge in [0, 0.05) is 49.4 Å². The molecule has 0 radical (unpaired) electrons. The van der Waals surface area contributed by atoms with Gasteiger partial charge in [0.05, 0.1) is 76.2 Å². The predicted molar refractivity (Wildman–Crippen MR) is 320 cm³/mol. The van der Waals surface area contributed by atoms with Gasteiger partial charge in [0.2, 0.25) is 15.9 Å².